The van der Waals surface area contributed by atoms with E-state index >= 15 is 0 Å². The van der Waals surface area contributed by atoms with E-state index in [4.69, 9.17) is 17.5 Å². The van der Waals surface area contributed by atoms with Crippen LogP contribution in [-0.4, -0.2) is 10.1 Å². The topological polar surface area (TPSA) is 56.0 Å². The zero-order valence-electron chi connectivity index (χ0n) is 9.70. The largest absolute Gasteiger partial charge is 0.506 e. The molecule has 1 rings (SSSR count). The van der Waals surface area contributed by atoms with Crippen molar-refractivity contribution in [3.63, 3.8) is 0 Å². The van der Waals surface area contributed by atoms with Gasteiger partial charge in [0.2, 0.25) is 0 Å². The van der Waals surface area contributed by atoms with Crippen molar-refractivity contribution in [1.29, 1.82) is 5.26 Å². The molecule has 0 aromatic heterocycles. The number of halogens is 1. The summed E-state index contributed by atoms with van der Waals surface area (Å²) in [5.41, 5.74) is 0.315. The predicted molar refractivity (Wildman–Crippen MR) is 72.7 cm³/mol. The van der Waals surface area contributed by atoms with Gasteiger partial charge in [-0.1, -0.05) is 30.9 Å². The Kier molecular flexibility index (Phi) is 4.58. The van der Waals surface area contributed by atoms with Crippen LogP contribution in [0.2, 0.25) is 0 Å². The van der Waals surface area contributed by atoms with Gasteiger partial charge in [0.25, 0.3) is 0 Å². The molecule has 5 heteroatoms. The van der Waals surface area contributed by atoms with Crippen LogP contribution in [0.5, 0.6) is 0 Å². The number of para-hydroxylation sites is 1. The van der Waals surface area contributed by atoms with Crippen molar-refractivity contribution in [2.45, 2.75) is 6.92 Å². The molecular weight excluding hydrogens is 251 g/mol. The monoisotopic (exact) mass is 262 g/mol. The number of hydrogen-bond donors (Lipinski definition) is 2. The molecule has 1 aromatic rings. The Morgan fingerprint density at radius 2 is 2.11 bits per heavy atom. The highest BCUT2D eigenvalue weighted by Gasteiger charge is 2.13. The van der Waals surface area contributed by atoms with Gasteiger partial charge in [0.1, 0.15) is 28.2 Å². The van der Waals surface area contributed by atoms with Gasteiger partial charge < -0.3 is 10.4 Å². The minimum atomic E-state index is -0.494. The predicted octanol–water partition coefficient (Wildman–Crippen LogP) is 3.48. The van der Waals surface area contributed by atoms with E-state index in [0.29, 0.717) is 5.57 Å². The van der Waals surface area contributed by atoms with Crippen LogP contribution >= 0.6 is 12.2 Å². The quantitative estimate of drug-likeness (QED) is 0.288. The lowest BCUT2D eigenvalue weighted by atomic mass is 10.1. The third-order valence-electron chi connectivity index (χ3n) is 2.10. The summed E-state index contributed by atoms with van der Waals surface area (Å²) in [5.74, 6) is -0.793. The minimum Gasteiger partial charge on any atom is -0.506 e. The van der Waals surface area contributed by atoms with E-state index in [9.17, 15) is 9.50 Å². The number of thiocarbonyl (C=S) groups is 1. The van der Waals surface area contributed by atoms with Gasteiger partial charge in [0.15, 0.2) is 0 Å². The number of hydrogen-bond acceptors (Lipinski definition) is 3. The Morgan fingerprint density at radius 1 is 1.50 bits per heavy atom. The summed E-state index contributed by atoms with van der Waals surface area (Å²) in [6.07, 6.45) is 0. The maximum atomic E-state index is 13.4. The maximum absolute atomic E-state index is 13.4. The molecule has 0 heterocycles. The molecule has 0 fully saturated rings. The van der Waals surface area contributed by atoms with E-state index < -0.39 is 5.82 Å². The number of rotatable bonds is 3. The molecule has 0 aliphatic rings. The first-order chi connectivity index (χ1) is 8.47. The summed E-state index contributed by atoms with van der Waals surface area (Å²) in [4.78, 5) is -0.0527. The molecule has 18 heavy (non-hydrogen) atoms. The number of nitrogens with one attached hydrogen (secondary N) is 1. The number of benzene rings is 1. The van der Waals surface area contributed by atoms with Gasteiger partial charge in [-0.15, -0.1) is 0 Å². The van der Waals surface area contributed by atoms with Crippen LogP contribution in [0.25, 0.3) is 0 Å². The van der Waals surface area contributed by atoms with Gasteiger partial charge in [-0.2, -0.15) is 5.26 Å². The van der Waals surface area contributed by atoms with Crippen molar-refractivity contribution in [3.8, 4) is 6.07 Å². The van der Waals surface area contributed by atoms with Crippen molar-refractivity contribution >= 4 is 22.9 Å². The van der Waals surface area contributed by atoms with Crippen molar-refractivity contribution in [1.82, 2.24) is 0 Å². The number of anilines is 1. The second-order valence-electron chi connectivity index (χ2n) is 3.55. The summed E-state index contributed by atoms with van der Waals surface area (Å²) < 4.78 is 13.4. The Morgan fingerprint density at radius 3 is 2.61 bits per heavy atom. The Bertz CT molecular complexity index is 573. The van der Waals surface area contributed by atoms with Gasteiger partial charge >= 0.3 is 0 Å². The molecule has 0 aliphatic carbocycles. The second-order valence-corrected chi connectivity index (χ2v) is 3.96. The Hall–Kier alpha value is -2.19. The third-order valence-corrected chi connectivity index (χ3v) is 2.41. The molecule has 2 N–H and O–H groups in total. The zero-order chi connectivity index (χ0) is 13.7. The van der Waals surface area contributed by atoms with E-state index in [-0.39, 0.29) is 22.0 Å². The number of aliphatic hydroxyl groups is 1. The van der Waals surface area contributed by atoms with Crippen LogP contribution in [0.15, 0.2) is 47.7 Å². The molecule has 0 unspecified atom stereocenters. The van der Waals surface area contributed by atoms with Crippen LogP contribution in [0.3, 0.4) is 0 Å². The molecule has 0 saturated carbocycles. The fraction of sp³-hybridized carbons (Fsp3) is 0.0769. The summed E-state index contributed by atoms with van der Waals surface area (Å²) in [6.45, 7) is 5.05. The molecular formula is C13H11FN2OS. The molecule has 0 spiro atoms. The van der Waals surface area contributed by atoms with Crippen LogP contribution < -0.4 is 5.32 Å². The van der Waals surface area contributed by atoms with E-state index in [2.05, 4.69) is 11.9 Å². The van der Waals surface area contributed by atoms with Crippen LogP contribution in [0.4, 0.5) is 10.1 Å². The first-order valence-corrected chi connectivity index (χ1v) is 5.43. The van der Waals surface area contributed by atoms with Crippen molar-refractivity contribution in [3.05, 3.63) is 53.6 Å². The lowest BCUT2D eigenvalue weighted by molar-refractivity contribution is 0.422. The molecule has 0 radical (unpaired) electrons. The molecule has 92 valence electrons. The Balaban J connectivity index is 3.03. The van der Waals surface area contributed by atoms with E-state index in [1.165, 1.54) is 18.2 Å². The highest BCUT2D eigenvalue weighted by Crippen LogP contribution is 2.16. The molecule has 0 saturated heterocycles. The first-order valence-electron chi connectivity index (χ1n) is 5.02. The van der Waals surface area contributed by atoms with Gasteiger partial charge in [-0.3, -0.25) is 0 Å². The van der Waals surface area contributed by atoms with Gasteiger partial charge in [0, 0.05) is 0 Å². The molecule has 3 nitrogen and oxygen atoms in total. The fourth-order valence-electron chi connectivity index (χ4n) is 1.17. The molecule has 0 bridgehead atoms. The standard InChI is InChI=1S/C13H11FN2OS/c1-8(2)12(17)9(7-15)13(18)16-11-6-4-3-5-10(11)14/h3-6,17H,1H2,2H3,(H,16,18)/b12-9-. The van der Waals surface area contributed by atoms with Crippen molar-refractivity contribution in [2.75, 3.05) is 5.32 Å². The van der Waals surface area contributed by atoms with Gasteiger partial charge in [-0.25, -0.2) is 4.39 Å². The van der Waals surface area contributed by atoms with Gasteiger partial charge in [-0.05, 0) is 24.6 Å². The zero-order valence-corrected chi connectivity index (χ0v) is 10.5. The number of nitrogens with zero attached hydrogens (tertiary/aromatic N) is 1. The highest BCUT2D eigenvalue weighted by atomic mass is 32.1. The van der Waals surface area contributed by atoms with Crippen LogP contribution in [-0.2, 0) is 0 Å². The van der Waals surface area contributed by atoms with E-state index in [1.54, 1.807) is 19.1 Å². The van der Waals surface area contributed by atoms with Crippen molar-refractivity contribution in [2.24, 2.45) is 0 Å². The second kappa shape index (κ2) is 5.94. The molecule has 0 amide bonds. The molecule has 0 atom stereocenters. The number of nitriles is 1. The fourth-order valence-corrected chi connectivity index (χ4v) is 1.42. The van der Waals surface area contributed by atoms with Gasteiger partial charge in [0.05, 0.1) is 5.69 Å². The normalized spacial score (nSPS) is 11.2. The third kappa shape index (κ3) is 3.15. The average molecular weight is 262 g/mol. The molecule has 1 aromatic carbocycles. The highest BCUT2D eigenvalue weighted by molar-refractivity contribution is 7.81. The SMILES string of the molecule is C=C(C)/C(O)=C(\C#N)C(=S)Nc1ccccc1F. The summed E-state index contributed by atoms with van der Waals surface area (Å²) >= 11 is 4.95. The minimum absolute atomic E-state index is 0.0527. The van der Waals surface area contributed by atoms with Crippen LogP contribution in [0, 0.1) is 17.1 Å². The lowest BCUT2D eigenvalue weighted by Crippen LogP contribution is -2.14. The first kappa shape index (κ1) is 13.9. The summed E-state index contributed by atoms with van der Waals surface area (Å²) in [6, 6.07) is 7.67. The Labute approximate surface area is 110 Å². The van der Waals surface area contributed by atoms with Crippen LogP contribution in [0.1, 0.15) is 6.92 Å². The van der Waals surface area contributed by atoms with E-state index in [1.807, 2.05) is 0 Å². The summed E-state index contributed by atoms with van der Waals surface area (Å²) in [5, 5.41) is 21.1. The molecule has 0 aliphatic heterocycles. The number of aliphatic hydroxyl groups excluding tert-OH is 1. The number of allylic oxidation sites excluding steroid dienone is 1. The maximum Gasteiger partial charge on any atom is 0.146 e. The lowest BCUT2D eigenvalue weighted by Gasteiger charge is -2.09. The van der Waals surface area contributed by atoms with E-state index in [0.717, 1.165) is 0 Å². The van der Waals surface area contributed by atoms with Crippen molar-refractivity contribution < 1.29 is 9.50 Å². The smallest absolute Gasteiger partial charge is 0.146 e. The average Bonchev–Trinajstić information content (AvgIpc) is 2.32. The summed E-state index contributed by atoms with van der Waals surface area (Å²) in [7, 11) is 0.